The highest BCUT2D eigenvalue weighted by Gasteiger charge is 2.35. The fourth-order valence-corrected chi connectivity index (χ4v) is 3.08. The summed E-state index contributed by atoms with van der Waals surface area (Å²) in [4.78, 5) is 25.4. The number of rotatable bonds is 7. The van der Waals surface area contributed by atoms with Crippen LogP contribution in [0, 0.1) is 5.92 Å². The molecule has 1 fully saturated rings. The lowest BCUT2D eigenvalue weighted by atomic mass is 10.1. The van der Waals surface area contributed by atoms with Crippen LogP contribution in [0.25, 0.3) is 0 Å². The first-order valence-corrected chi connectivity index (χ1v) is 8.77. The van der Waals surface area contributed by atoms with E-state index in [9.17, 15) is 14.7 Å². The number of halogens is 1. The molecule has 1 aromatic carbocycles. The molecule has 1 N–H and O–H groups in total. The Morgan fingerprint density at radius 3 is 2.72 bits per heavy atom. The van der Waals surface area contributed by atoms with Crippen LogP contribution in [-0.4, -0.2) is 48.2 Å². The minimum absolute atomic E-state index is 0.275. The fourth-order valence-electron chi connectivity index (χ4n) is 2.81. The van der Waals surface area contributed by atoms with Gasteiger partial charge in [-0.2, -0.15) is 0 Å². The highest BCUT2D eigenvalue weighted by Crippen LogP contribution is 2.37. The molecule has 1 heterocycles. The number of aliphatic carboxylic acids is 1. The van der Waals surface area contributed by atoms with Crippen LogP contribution in [0.2, 0.25) is 5.02 Å². The summed E-state index contributed by atoms with van der Waals surface area (Å²) in [6, 6.07) is 2.27. The van der Waals surface area contributed by atoms with E-state index < -0.39 is 12.0 Å². The number of carboxylic acid groups (broad SMARTS) is 1. The summed E-state index contributed by atoms with van der Waals surface area (Å²) in [5, 5.41) is 9.53. The molecule has 1 amide bonds. The lowest BCUT2D eigenvalue weighted by molar-refractivity contribution is -0.141. The van der Waals surface area contributed by atoms with Gasteiger partial charge in [-0.25, -0.2) is 4.79 Å². The molecule has 1 saturated heterocycles. The highest BCUT2D eigenvalue weighted by molar-refractivity contribution is 6.32. The topological polar surface area (TPSA) is 76.1 Å². The van der Waals surface area contributed by atoms with Crippen molar-refractivity contribution in [3.8, 4) is 11.5 Å². The van der Waals surface area contributed by atoms with Crippen LogP contribution in [0.15, 0.2) is 12.1 Å². The van der Waals surface area contributed by atoms with Gasteiger partial charge in [0.15, 0.2) is 11.5 Å². The number of ether oxygens (including phenoxy) is 2. The van der Waals surface area contributed by atoms with Crippen molar-refractivity contribution < 1.29 is 24.2 Å². The van der Waals surface area contributed by atoms with Gasteiger partial charge in [-0.15, -0.1) is 0 Å². The molecule has 0 saturated carbocycles. The van der Waals surface area contributed by atoms with Gasteiger partial charge < -0.3 is 19.5 Å². The maximum Gasteiger partial charge on any atom is 0.326 e. The number of hydrogen-bond donors (Lipinski definition) is 1. The quantitative estimate of drug-likeness (QED) is 0.796. The lowest BCUT2D eigenvalue weighted by Crippen LogP contribution is -2.40. The molecule has 2 rings (SSSR count). The summed E-state index contributed by atoms with van der Waals surface area (Å²) in [5.41, 5.74) is 0.297. The van der Waals surface area contributed by atoms with Crippen molar-refractivity contribution >= 4 is 23.5 Å². The third-order valence-corrected chi connectivity index (χ3v) is 4.50. The molecular weight excluding hydrogens is 346 g/mol. The number of carboxylic acids is 1. The second-order valence-electron chi connectivity index (χ2n) is 6.52. The lowest BCUT2D eigenvalue weighted by Gasteiger charge is -2.22. The zero-order valence-corrected chi connectivity index (χ0v) is 15.5. The third kappa shape index (κ3) is 4.57. The molecule has 1 aliphatic heterocycles. The van der Waals surface area contributed by atoms with Crippen molar-refractivity contribution in [3.05, 3.63) is 22.7 Å². The predicted octanol–water partition coefficient (Wildman–Crippen LogP) is 3.46. The average molecular weight is 370 g/mol. The Morgan fingerprint density at radius 2 is 2.12 bits per heavy atom. The van der Waals surface area contributed by atoms with Gasteiger partial charge in [-0.3, -0.25) is 4.79 Å². The summed E-state index contributed by atoms with van der Waals surface area (Å²) in [7, 11) is 1.48. The van der Waals surface area contributed by atoms with Crippen LogP contribution < -0.4 is 9.47 Å². The van der Waals surface area contributed by atoms with Crippen LogP contribution in [0.3, 0.4) is 0 Å². The first-order chi connectivity index (χ1) is 11.8. The second kappa shape index (κ2) is 8.43. The third-order valence-electron chi connectivity index (χ3n) is 4.22. The first-order valence-electron chi connectivity index (χ1n) is 8.39. The Bertz CT molecular complexity index is 647. The summed E-state index contributed by atoms with van der Waals surface area (Å²) in [6.45, 7) is 5.11. The summed E-state index contributed by atoms with van der Waals surface area (Å²) in [5.74, 6) is -0.0895. The van der Waals surface area contributed by atoms with Crippen molar-refractivity contribution in [2.24, 2.45) is 5.92 Å². The largest absolute Gasteiger partial charge is 0.493 e. The van der Waals surface area contributed by atoms with Gasteiger partial charge in [0.25, 0.3) is 5.91 Å². The van der Waals surface area contributed by atoms with Crippen LogP contribution in [0.1, 0.15) is 43.5 Å². The van der Waals surface area contributed by atoms with E-state index in [4.69, 9.17) is 21.1 Å². The Hall–Kier alpha value is -1.95. The van der Waals surface area contributed by atoms with E-state index in [0.717, 1.165) is 6.42 Å². The van der Waals surface area contributed by atoms with Crippen LogP contribution in [0.4, 0.5) is 0 Å². The van der Waals surface area contributed by atoms with E-state index in [0.29, 0.717) is 49.0 Å². The monoisotopic (exact) mass is 369 g/mol. The Kier molecular flexibility index (Phi) is 6.53. The summed E-state index contributed by atoms with van der Waals surface area (Å²) >= 11 is 6.29. The minimum atomic E-state index is -0.988. The SMILES string of the molecule is COc1cc(C(=O)N2CCC[C@H]2C(=O)O)cc(Cl)c1OCCC(C)C. The van der Waals surface area contributed by atoms with Gasteiger partial charge >= 0.3 is 5.97 Å². The smallest absolute Gasteiger partial charge is 0.326 e. The Balaban J connectivity index is 2.23. The standard InChI is InChI=1S/C18H24ClNO5/c1-11(2)6-8-25-16-13(19)9-12(10-15(16)24-3)17(21)20-7-4-5-14(20)18(22)23/h9-11,14H,4-8H2,1-3H3,(H,22,23)/t14-/m0/s1. The van der Waals surface area contributed by atoms with E-state index in [2.05, 4.69) is 13.8 Å². The molecule has 0 bridgehead atoms. The van der Waals surface area contributed by atoms with E-state index >= 15 is 0 Å². The van der Waals surface area contributed by atoms with Gasteiger partial charge in [0.2, 0.25) is 0 Å². The maximum absolute atomic E-state index is 12.7. The minimum Gasteiger partial charge on any atom is -0.493 e. The number of likely N-dealkylation sites (tertiary alicyclic amines) is 1. The molecule has 1 aliphatic rings. The number of benzene rings is 1. The molecule has 0 aliphatic carbocycles. The Morgan fingerprint density at radius 1 is 1.40 bits per heavy atom. The van der Waals surface area contributed by atoms with Gasteiger partial charge in [0, 0.05) is 12.1 Å². The number of carbonyl (C=O) groups excluding carboxylic acids is 1. The van der Waals surface area contributed by atoms with Gasteiger partial charge in [-0.05, 0) is 37.3 Å². The van der Waals surface area contributed by atoms with Gasteiger partial charge in [-0.1, -0.05) is 25.4 Å². The van der Waals surface area contributed by atoms with E-state index in [1.807, 2.05) is 0 Å². The molecule has 1 aromatic rings. The molecule has 7 heteroatoms. The number of methoxy groups -OCH3 is 1. The molecule has 0 radical (unpaired) electrons. The number of hydrogen-bond acceptors (Lipinski definition) is 4. The first kappa shape index (κ1) is 19.4. The van der Waals surface area contributed by atoms with Gasteiger partial charge in [0.05, 0.1) is 18.7 Å². The van der Waals surface area contributed by atoms with E-state index in [1.54, 1.807) is 6.07 Å². The van der Waals surface area contributed by atoms with Crippen molar-refractivity contribution in [2.75, 3.05) is 20.3 Å². The van der Waals surface area contributed by atoms with Crippen LogP contribution in [0.5, 0.6) is 11.5 Å². The van der Waals surface area contributed by atoms with Gasteiger partial charge in [0.1, 0.15) is 6.04 Å². The van der Waals surface area contributed by atoms with Crippen LogP contribution >= 0.6 is 11.6 Å². The zero-order chi connectivity index (χ0) is 18.6. The van der Waals surface area contributed by atoms with Crippen molar-refractivity contribution in [3.63, 3.8) is 0 Å². The zero-order valence-electron chi connectivity index (χ0n) is 14.8. The molecule has 1 atom stereocenters. The molecule has 0 aromatic heterocycles. The summed E-state index contributed by atoms with van der Waals surface area (Å²) in [6.07, 6.45) is 2.00. The number of carbonyl (C=O) groups is 2. The van der Waals surface area contributed by atoms with Crippen molar-refractivity contribution in [1.29, 1.82) is 0 Å². The second-order valence-corrected chi connectivity index (χ2v) is 6.92. The predicted molar refractivity (Wildman–Crippen MR) is 94.6 cm³/mol. The van der Waals surface area contributed by atoms with E-state index in [1.165, 1.54) is 18.1 Å². The normalized spacial score (nSPS) is 17.0. The molecule has 138 valence electrons. The van der Waals surface area contributed by atoms with Crippen LogP contribution in [-0.2, 0) is 4.79 Å². The molecule has 6 nitrogen and oxygen atoms in total. The molecule has 25 heavy (non-hydrogen) atoms. The molecular formula is C18H24ClNO5. The number of nitrogens with zero attached hydrogens (tertiary/aromatic N) is 1. The molecule has 0 spiro atoms. The van der Waals surface area contributed by atoms with E-state index in [-0.39, 0.29) is 10.9 Å². The number of amides is 1. The fraction of sp³-hybridized carbons (Fsp3) is 0.556. The summed E-state index contributed by atoms with van der Waals surface area (Å²) < 4.78 is 11.0. The maximum atomic E-state index is 12.7. The Labute approximate surface area is 152 Å². The highest BCUT2D eigenvalue weighted by atomic mass is 35.5. The molecule has 0 unspecified atom stereocenters. The van der Waals surface area contributed by atoms with Crippen molar-refractivity contribution in [1.82, 2.24) is 4.90 Å². The average Bonchev–Trinajstić information content (AvgIpc) is 3.04. The van der Waals surface area contributed by atoms with Crippen molar-refractivity contribution in [2.45, 2.75) is 39.2 Å².